The highest BCUT2D eigenvalue weighted by Gasteiger charge is 2.12. The number of carboxylic acid groups (broad SMARTS) is 2. The van der Waals surface area contributed by atoms with Crippen molar-refractivity contribution in [1.82, 2.24) is 0 Å². The van der Waals surface area contributed by atoms with E-state index in [4.69, 9.17) is 11.5 Å². The van der Waals surface area contributed by atoms with Crippen LogP contribution >= 0.6 is 0 Å². The number of carboxylic acids is 2. The molecule has 0 aliphatic rings. The van der Waals surface area contributed by atoms with Gasteiger partial charge in [-0.15, -0.1) is 0 Å². The van der Waals surface area contributed by atoms with Gasteiger partial charge in [0, 0.05) is 11.4 Å². The summed E-state index contributed by atoms with van der Waals surface area (Å²) in [7, 11) is 0. The minimum absolute atomic E-state index is 0.249. The summed E-state index contributed by atoms with van der Waals surface area (Å²) in [5.74, 6) is -1.96. The molecular formula is C18H20N2O4. The van der Waals surface area contributed by atoms with Crippen LogP contribution in [-0.2, 0) is 12.8 Å². The Bertz CT molecular complexity index is 706. The Morgan fingerprint density at radius 1 is 0.750 bits per heavy atom. The summed E-state index contributed by atoms with van der Waals surface area (Å²) in [6.07, 6.45) is 2.57. The number of carbonyl (C=O) groups is 2. The van der Waals surface area contributed by atoms with E-state index in [2.05, 4.69) is 0 Å². The van der Waals surface area contributed by atoms with Gasteiger partial charge in [0.25, 0.3) is 0 Å². The van der Waals surface area contributed by atoms with Gasteiger partial charge in [0.05, 0.1) is 11.1 Å². The van der Waals surface area contributed by atoms with Gasteiger partial charge < -0.3 is 21.7 Å². The SMILES string of the molecule is Nc1ccc(C(=O)O)c(CCCCc2cc(N)ccc2C(=O)O)c1. The predicted octanol–water partition coefficient (Wildman–Crippen LogP) is 2.81. The fourth-order valence-corrected chi connectivity index (χ4v) is 2.69. The summed E-state index contributed by atoms with van der Waals surface area (Å²) in [6, 6.07) is 9.50. The smallest absolute Gasteiger partial charge is 0.335 e. The first-order chi connectivity index (χ1) is 11.4. The quantitative estimate of drug-likeness (QED) is 0.457. The van der Waals surface area contributed by atoms with Crippen molar-refractivity contribution in [1.29, 1.82) is 0 Å². The molecule has 6 nitrogen and oxygen atoms in total. The van der Waals surface area contributed by atoms with E-state index in [9.17, 15) is 19.8 Å². The van der Waals surface area contributed by atoms with Gasteiger partial charge in [-0.2, -0.15) is 0 Å². The molecule has 2 aromatic rings. The molecule has 0 aliphatic carbocycles. The number of rotatable bonds is 7. The molecule has 6 N–H and O–H groups in total. The molecule has 126 valence electrons. The maximum atomic E-state index is 11.2. The molecule has 0 atom stereocenters. The van der Waals surface area contributed by atoms with Gasteiger partial charge in [-0.05, 0) is 73.2 Å². The Morgan fingerprint density at radius 3 is 1.46 bits per heavy atom. The third-order valence-electron chi connectivity index (χ3n) is 3.86. The molecule has 6 heteroatoms. The Kier molecular flexibility index (Phi) is 5.42. The summed E-state index contributed by atoms with van der Waals surface area (Å²) < 4.78 is 0. The lowest BCUT2D eigenvalue weighted by Gasteiger charge is -2.09. The molecule has 0 spiro atoms. The van der Waals surface area contributed by atoms with Gasteiger partial charge in [0.2, 0.25) is 0 Å². The van der Waals surface area contributed by atoms with Crippen molar-refractivity contribution in [2.24, 2.45) is 0 Å². The maximum Gasteiger partial charge on any atom is 0.335 e. The van der Waals surface area contributed by atoms with Crippen molar-refractivity contribution >= 4 is 23.3 Å². The summed E-state index contributed by atoms with van der Waals surface area (Å²) in [6.45, 7) is 0. The van der Waals surface area contributed by atoms with E-state index in [1.807, 2.05) is 0 Å². The molecule has 0 saturated heterocycles. The van der Waals surface area contributed by atoms with E-state index in [0.717, 1.165) is 12.8 Å². The fraction of sp³-hybridized carbons (Fsp3) is 0.222. The summed E-state index contributed by atoms with van der Waals surface area (Å²) >= 11 is 0. The zero-order valence-corrected chi connectivity index (χ0v) is 13.2. The molecule has 0 amide bonds. The van der Waals surface area contributed by atoms with Gasteiger partial charge in [-0.3, -0.25) is 0 Å². The molecule has 0 bridgehead atoms. The van der Waals surface area contributed by atoms with E-state index in [0.29, 0.717) is 35.3 Å². The molecule has 2 rings (SSSR count). The lowest BCUT2D eigenvalue weighted by molar-refractivity contribution is 0.0684. The minimum atomic E-state index is -0.978. The third kappa shape index (κ3) is 4.25. The normalized spacial score (nSPS) is 10.5. The minimum Gasteiger partial charge on any atom is -0.478 e. The van der Waals surface area contributed by atoms with Crippen LogP contribution in [0.4, 0.5) is 11.4 Å². The third-order valence-corrected chi connectivity index (χ3v) is 3.86. The highest BCUT2D eigenvalue weighted by molar-refractivity contribution is 5.90. The van der Waals surface area contributed by atoms with Crippen LogP contribution in [-0.4, -0.2) is 22.2 Å². The number of hydrogen-bond donors (Lipinski definition) is 4. The van der Waals surface area contributed by atoms with Crippen LogP contribution in [0.15, 0.2) is 36.4 Å². The molecule has 0 saturated carbocycles. The highest BCUT2D eigenvalue weighted by Crippen LogP contribution is 2.19. The topological polar surface area (TPSA) is 127 Å². The van der Waals surface area contributed by atoms with Crippen LogP contribution < -0.4 is 11.5 Å². The van der Waals surface area contributed by atoms with Crippen molar-refractivity contribution in [3.05, 3.63) is 58.7 Å². The number of nitrogen functional groups attached to an aromatic ring is 2. The van der Waals surface area contributed by atoms with Crippen LogP contribution in [0.5, 0.6) is 0 Å². The molecule has 2 aromatic carbocycles. The summed E-state index contributed by atoms with van der Waals surface area (Å²) in [5.41, 5.74) is 14.4. The lowest BCUT2D eigenvalue weighted by atomic mass is 9.97. The Morgan fingerprint density at radius 2 is 1.12 bits per heavy atom. The van der Waals surface area contributed by atoms with E-state index < -0.39 is 11.9 Å². The van der Waals surface area contributed by atoms with Gasteiger partial charge >= 0.3 is 11.9 Å². The number of hydrogen-bond acceptors (Lipinski definition) is 4. The standard InChI is InChI=1S/C18H20N2O4/c19-13-5-7-15(17(21)22)11(9-13)3-1-2-4-12-10-14(20)6-8-16(12)18(23)24/h5-10H,1-4,19-20H2,(H,21,22)(H,23,24). The van der Waals surface area contributed by atoms with Crippen molar-refractivity contribution in [3.8, 4) is 0 Å². The monoisotopic (exact) mass is 328 g/mol. The van der Waals surface area contributed by atoms with Crippen LogP contribution in [0.25, 0.3) is 0 Å². The average molecular weight is 328 g/mol. The van der Waals surface area contributed by atoms with Crippen LogP contribution in [0.1, 0.15) is 44.7 Å². The van der Waals surface area contributed by atoms with Gasteiger partial charge in [-0.25, -0.2) is 9.59 Å². The number of unbranched alkanes of at least 4 members (excludes halogenated alkanes) is 1. The Balaban J connectivity index is 2.02. The largest absolute Gasteiger partial charge is 0.478 e. The van der Waals surface area contributed by atoms with Crippen LogP contribution in [0, 0.1) is 0 Å². The molecule has 0 radical (unpaired) electrons. The van der Waals surface area contributed by atoms with E-state index in [1.54, 1.807) is 24.3 Å². The number of aromatic carboxylic acids is 2. The summed E-state index contributed by atoms with van der Waals surface area (Å²) in [4.78, 5) is 22.4. The molecule has 0 fully saturated rings. The first-order valence-electron chi connectivity index (χ1n) is 7.62. The molecule has 0 heterocycles. The first kappa shape index (κ1) is 17.3. The highest BCUT2D eigenvalue weighted by atomic mass is 16.4. The number of nitrogens with two attached hydrogens (primary N) is 2. The zero-order chi connectivity index (χ0) is 17.7. The number of aryl methyl sites for hydroxylation is 2. The second kappa shape index (κ2) is 7.50. The molecular weight excluding hydrogens is 308 g/mol. The second-order valence-corrected chi connectivity index (χ2v) is 5.65. The van der Waals surface area contributed by atoms with E-state index in [1.165, 1.54) is 12.1 Å². The first-order valence-corrected chi connectivity index (χ1v) is 7.62. The maximum absolute atomic E-state index is 11.2. The van der Waals surface area contributed by atoms with Gasteiger partial charge in [-0.1, -0.05) is 0 Å². The van der Waals surface area contributed by atoms with Gasteiger partial charge in [0.1, 0.15) is 0 Å². The Hall–Kier alpha value is -3.02. The Labute approximate surface area is 139 Å². The second-order valence-electron chi connectivity index (χ2n) is 5.65. The van der Waals surface area contributed by atoms with E-state index in [-0.39, 0.29) is 11.1 Å². The van der Waals surface area contributed by atoms with E-state index >= 15 is 0 Å². The fourth-order valence-electron chi connectivity index (χ4n) is 2.69. The van der Waals surface area contributed by atoms with Crippen LogP contribution in [0.2, 0.25) is 0 Å². The predicted molar refractivity (Wildman–Crippen MR) is 92.3 cm³/mol. The van der Waals surface area contributed by atoms with Gasteiger partial charge in [0.15, 0.2) is 0 Å². The molecule has 0 unspecified atom stereocenters. The van der Waals surface area contributed by atoms with Crippen molar-refractivity contribution < 1.29 is 19.8 Å². The average Bonchev–Trinajstić information content (AvgIpc) is 2.51. The molecule has 0 aliphatic heterocycles. The molecule has 0 aromatic heterocycles. The lowest BCUT2D eigenvalue weighted by Crippen LogP contribution is -2.05. The van der Waals surface area contributed by atoms with Crippen molar-refractivity contribution in [2.75, 3.05) is 11.5 Å². The van der Waals surface area contributed by atoms with Crippen LogP contribution in [0.3, 0.4) is 0 Å². The number of benzene rings is 2. The number of anilines is 2. The molecule has 24 heavy (non-hydrogen) atoms. The van der Waals surface area contributed by atoms with Crippen molar-refractivity contribution in [2.45, 2.75) is 25.7 Å². The van der Waals surface area contributed by atoms with Crippen molar-refractivity contribution in [3.63, 3.8) is 0 Å². The summed E-state index contributed by atoms with van der Waals surface area (Å²) in [5, 5.41) is 18.4. The zero-order valence-electron chi connectivity index (χ0n) is 13.2.